The van der Waals surface area contributed by atoms with Crippen LogP contribution >= 0.6 is 11.3 Å². The molecule has 0 radical (unpaired) electrons. The Bertz CT molecular complexity index is 797. The summed E-state index contributed by atoms with van der Waals surface area (Å²) >= 11 is 1.64. The van der Waals surface area contributed by atoms with E-state index in [0.717, 1.165) is 12.0 Å². The molecule has 0 saturated heterocycles. The van der Waals surface area contributed by atoms with E-state index in [1.54, 1.807) is 29.7 Å². The third-order valence-electron chi connectivity index (χ3n) is 3.58. The van der Waals surface area contributed by atoms with Crippen molar-refractivity contribution < 1.29 is 13.6 Å². The molecule has 1 atom stereocenters. The zero-order chi connectivity index (χ0) is 16.9. The number of carbonyl (C=O) groups is 1. The third-order valence-corrected chi connectivity index (χ3v) is 4.51. The number of hydrogen-bond acceptors (Lipinski definition) is 4. The van der Waals surface area contributed by atoms with E-state index in [-0.39, 0.29) is 17.8 Å². The summed E-state index contributed by atoms with van der Waals surface area (Å²) < 4.78 is 18.6. The van der Waals surface area contributed by atoms with Gasteiger partial charge in [-0.1, -0.05) is 6.07 Å². The van der Waals surface area contributed by atoms with Crippen LogP contribution in [-0.4, -0.2) is 10.9 Å². The Morgan fingerprint density at radius 3 is 2.83 bits per heavy atom. The van der Waals surface area contributed by atoms with E-state index in [4.69, 9.17) is 4.42 Å². The summed E-state index contributed by atoms with van der Waals surface area (Å²) in [6.45, 7) is 1.82. The molecule has 0 aliphatic rings. The number of nitrogens with zero attached hydrogens (tertiary/aromatic N) is 1. The quantitative estimate of drug-likeness (QED) is 0.723. The molecule has 1 N–H and O–H groups in total. The number of thiophene rings is 1. The molecule has 2 heterocycles. The Balaban J connectivity index is 1.58. The van der Waals surface area contributed by atoms with E-state index in [9.17, 15) is 9.18 Å². The van der Waals surface area contributed by atoms with Crippen LogP contribution < -0.4 is 5.32 Å². The van der Waals surface area contributed by atoms with Gasteiger partial charge in [-0.15, -0.1) is 11.3 Å². The molecule has 4 nitrogen and oxygen atoms in total. The highest BCUT2D eigenvalue weighted by molar-refractivity contribution is 7.09. The Kier molecular flexibility index (Phi) is 5.05. The van der Waals surface area contributed by atoms with E-state index >= 15 is 0 Å². The number of nitrogens with one attached hydrogen (secondary N) is 1. The number of carbonyl (C=O) groups excluding carboxylic acids is 1. The average molecular weight is 344 g/mol. The van der Waals surface area contributed by atoms with Crippen molar-refractivity contribution in [2.75, 3.05) is 0 Å². The standard InChI is InChI=1S/C18H17FN2O2S/c1-12(21-17(22)9-8-15-3-2-10-24-15)18-20-11-16(23-18)13-4-6-14(19)7-5-13/h2-7,10-12H,8-9H2,1H3,(H,21,22). The number of amides is 1. The molecule has 2 aromatic heterocycles. The Hall–Kier alpha value is -2.47. The molecular weight excluding hydrogens is 327 g/mol. The number of aromatic nitrogens is 1. The predicted octanol–water partition coefficient (Wildman–Crippen LogP) is 4.35. The van der Waals surface area contributed by atoms with Gasteiger partial charge in [0.15, 0.2) is 5.76 Å². The van der Waals surface area contributed by atoms with Gasteiger partial charge in [0.25, 0.3) is 0 Å². The van der Waals surface area contributed by atoms with Crippen molar-refractivity contribution in [1.82, 2.24) is 10.3 Å². The van der Waals surface area contributed by atoms with Gasteiger partial charge < -0.3 is 9.73 Å². The Morgan fingerprint density at radius 2 is 2.12 bits per heavy atom. The van der Waals surface area contributed by atoms with Crippen LogP contribution in [0.25, 0.3) is 11.3 Å². The summed E-state index contributed by atoms with van der Waals surface area (Å²) in [4.78, 5) is 17.4. The molecule has 0 saturated carbocycles. The molecule has 24 heavy (non-hydrogen) atoms. The minimum atomic E-state index is -0.324. The zero-order valence-corrected chi connectivity index (χ0v) is 14.0. The lowest BCUT2D eigenvalue weighted by Crippen LogP contribution is -2.26. The first-order valence-electron chi connectivity index (χ1n) is 7.65. The first kappa shape index (κ1) is 16.4. The molecule has 0 bridgehead atoms. The molecule has 1 amide bonds. The number of hydrogen-bond donors (Lipinski definition) is 1. The summed E-state index contributed by atoms with van der Waals surface area (Å²) in [5, 5.41) is 4.88. The first-order chi connectivity index (χ1) is 11.6. The van der Waals surface area contributed by atoms with Crippen LogP contribution in [0.1, 0.15) is 30.2 Å². The predicted molar refractivity (Wildman–Crippen MR) is 91.1 cm³/mol. The van der Waals surface area contributed by atoms with Gasteiger partial charge in [0.1, 0.15) is 11.9 Å². The summed E-state index contributed by atoms with van der Waals surface area (Å²) in [5.74, 6) is 0.630. The van der Waals surface area contributed by atoms with Gasteiger partial charge in [-0.25, -0.2) is 9.37 Å². The van der Waals surface area contributed by atoms with Crippen LogP contribution in [0, 0.1) is 5.82 Å². The second-order valence-corrected chi connectivity index (χ2v) is 6.47. The lowest BCUT2D eigenvalue weighted by atomic mass is 10.2. The van der Waals surface area contributed by atoms with Crippen molar-refractivity contribution in [2.24, 2.45) is 0 Å². The second-order valence-electron chi connectivity index (χ2n) is 5.44. The van der Waals surface area contributed by atoms with E-state index in [2.05, 4.69) is 10.3 Å². The van der Waals surface area contributed by atoms with Crippen molar-refractivity contribution >= 4 is 17.2 Å². The number of aryl methyl sites for hydroxylation is 1. The van der Waals surface area contributed by atoms with Gasteiger partial charge in [-0.3, -0.25) is 4.79 Å². The molecule has 1 aromatic carbocycles. The van der Waals surface area contributed by atoms with E-state index in [1.807, 2.05) is 24.4 Å². The largest absolute Gasteiger partial charge is 0.438 e. The van der Waals surface area contributed by atoms with Crippen LogP contribution in [0.4, 0.5) is 4.39 Å². The SMILES string of the molecule is CC(NC(=O)CCc1cccs1)c1ncc(-c2ccc(F)cc2)o1. The minimum Gasteiger partial charge on any atom is -0.438 e. The average Bonchev–Trinajstić information content (AvgIpc) is 3.25. The summed E-state index contributed by atoms with van der Waals surface area (Å²) in [7, 11) is 0. The summed E-state index contributed by atoms with van der Waals surface area (Å²) in [6.07, 6.45) is 2.73. The van der Waals surface area contributed by atoms with E-state index in [0.29, 0.717) is 18.1 Å². The molecule has 3 aromatic rings. The molecular formula is C18H17FN2O2S. The third kappa shape index (κ3) is 4.08. The molecule has 0 aliphatic carbocycles. The fourth-order valence-corrected chi connectivity index (χ4v) is 3.01. The highest BCUT2D eigenvalue weighted by atomic mass is 32.1. The topological polar surface area (TPSA) is 55.1 Å². The molecule has 124 valence electrons. The molecule has 0 spiro atoms. The van der Waals surface area contributed by atoms with E-state index in [1.165, 1.54) is 17.0 Å². The Labute approximate surface area is 143 Å². The molecule has 0 fully saturated rings. The van der Waals surface area contributed by atoms with Crippen molar-refractivity contribution in [3.05, 3.63) is 64.6 Å². The first-order valence-corrected chi connectivity index (χ1v) is 8.53. The van der Waals surface area contributed by atoms with Gasteiger partial charge >= 0.3 is 0 Å². The van der Waals surface area contributed by atoms with Gasteiger partial charge in [0, 0.05) is 16.9 Å². The fraction of sp³-hybridized carbons (Fsp3) is 0.222. The maximum Gasteiger partial charge on any atom is 0.220 e. The molecule has 0 aliphatic heterocycles. The lowest BCUT2D eigenvalue weighted by Gasteiger charge is -2.10. The summed E-state index contributed by atoms with van der Waals surface area (Å²) in [6, 6.07) is 9.67. The van der Waals surface area contributed by atoms with Crippen LogP contribution in [0.3, 0.4) is 0 Å². The second kappa shape index (κ2) is 7.40. The Morgan fingerprint density at radius 1 is 1.33 bits per heavy atom. The molecule has 6 heteroatoms. The maximum absolute atomic E-state index is 13.0. The smallest absolute Gasteiger partial charge is 0.220 e. The van der Waals surface area contributed by atoms with Gasteiger partial charge in [0.2, 0.25) is 11.8 Å². The van der Waals surface area contributed by atoms with Crippen LogP contribution in [0.15, 0.2) is 52.4 Å². The van der Waals surface area contributed by atoms with Crippen LogP contribution in [-0.2, 0) is 11.2 Å². The van der Waals surface area contributed by atoms with Gasteiger partial charge in [-0.05, 0) is 49.1 Å². The van der Waals surface area contributed by atoms with Crippen molar-refractivity contribution in [1.29, 1.82) is 0 Å². The lowest BCUT2D eigenvalue weighted by molar-refractivity contribution is -0.121. The monoisotopic (exact) mass is 344 g/mol. The number of benzene rings is 1. The maximum atomic E-state index is 13.0. The molecule has 1 unspecified atom stereocenters. The van der Waals surface area contributed by atoms with Crippen LogP contribution in [0.2, 0.25) is 0 Å². The van der Waals surface area contributed by atoms with Crippen LogP contribution in [0.5, 0.6) is 0 Å². The minimum absolute atomic E-state index is 0.0440. The van der Waals surface area contributed by atoms with Gasteiger partial charge in [-0.2, -0.15) is 0 Å². The van der Waals surface area contributed by atoms with Crippen molar-refractivity contribution in [3.8, 4) is 11.3 Å². The molecule has 3 rings (SSSR count). The highest BCUT2D eigenvalue weighted by Gasteiger charge is 2.16. The highest BCUT2D eigenvalue weighted by Crippen LogP contribution is 2.23. The number of rotatable bonds is 6. The fourth-order valence-electron chi connectivity index (χ4n) is 2.30. The van der Waals surface area contributed by atoms with Crippen molar-refractivity contribution in [3.63, 3.8) is 0 Å². The van der Waals surface area contributed by atoms with E-state index < -0.39 is 0 Å². The normalized spacial score (nSPS) is 12.1. The number of halogens is 1. The number of oxazole rings is 1. The summed E-state index contributed by atoms with van der Waals surface area (Å²) in [5.41, 5.74) is 0.742. The van der Waals surface area contributed by atoms with Gasteiger partial charge in [0.05, 0.1) is 6.20 Å². The zero-order valence-electron chi connectivity index (χ0n) is 13.2. The van der Waals surface area contributed by atoms with Crippen molar-refractivity contribution in [2.45, 2.75) is 25.8 Å².